The number of methoxy groups -OCH3 is 2. The van der Waals surface area contributed by atoms with Gasteiger partial charge in [0.25, 0.3) is 0 Å². The van der Waals surface area contributed by atoms with Gasteiger partial charge < -0.3 is 18.9 Å². The molecule has 0 aliphatic rings. The topological polar surface area (TPSA) is 77.7 Å². The Kier molecular flexibility index (Phi) is 6.44. The van der Waals surface area contributed by atoms with E-state index in [1.807, 2.05) is 36.6 Å². The molecular weight excluding hydrogens is 378 g/mol. The van der Waals surface area contributed by atoms with Crippen LogP contribution in [0.2, 0.25) is 0 Å². The van der Waals surface area contributed by atoms with Crippen LogP contribution in [0.25, 0.3) is 16.8 Å². The molecular formula is C20H21N3O4S. The van der Waals surface area contributed by atoms with Crippen LogP contribution in [0.5, 0.6) is 11.5 Å². The minimum absolute atomic E-state index is 0.145. The first-order valence-corrected chi connectivity index (χ1v) is 9.58. The number of carbonyl (C=O) groups is 1. The summed E-state index contributed by atoms with van der Waals surface area (Å²) in [6.07, 6.45) is 3.25. The van der Waals surface area contributed by atoms with E-state index in [1.165, 1.54) is 17.4 Å². The van der Waals surface area contributed by atoms with Crippen molar-refractivity contribution in [2.75, 3.05) is 20.8 Å². The van der Waals surface area contributed by atoms with Crippen LogP contribution in [0.3, 0.4) is 0 Å². The molecule has 3 aromatic rings. The summed E-state index contributed by atoms with van der Waals surface area (Å²) in [5.74, 6) is 2.04. The van der Waals surface area contributed by atoms with E-state index in [9.17, 15) is 4.79 Å². The van der Waals surface area contributed by atoms with Gasteiger partial charge in [0, 0.05) is 12.6 Å². The number of thiophene rings is 1. The van der Waals surface area contributed by atoms with Gasteiger partial charge in [0.05, 0.1) is 19.1 Å². The molecule has 0 unspecified atom stereocenters. The summed E-state index contributed by atoms with van der Waals surface area (Å²) in [4.78, 5) is 19.5. The van der Waals surface area contributed by atoms with Crippen molar-refractivity contribution in [1.82, 2.24) is 15.0 Å². The lowest BCUT2D eigenvalue weighted by molar-refractivity contribution is -0.126. The van der Waals surface area contributed by atoms with E-state index in [2.05, 4.69) is 10.1 Å². The second-order valence-electron chi connectivity index (χ2n) is 5.79. The minimum atomic E-state index is -0.145. The fourth-order valence-electron chi connectivity index (χ4n) is 2.56. The van der Waals surface area contributed by atoms with Crippen molar-refractivity contribution in [2.45, 2.75) is 13.5 Å². The molecule has 28 heavy (non-hydrogen) atoms. The van der Waals surface area contributed by atoms with E-state index in [0.29, 0.717) is 29.8 Å². The fraction of sp³-hybridized carbons (Fsp3) is 0.250. The summed E-state index contributed by atoms with van der Waals surface area (Å²) in [6, 6.07) is 9.31. The molecule has 2 heterocycles. The monoisotopic (exact) mass is 399 g/mol. The van der Waals surface area contributed by atoms with Gasteiger partial charge in [-0.1, -0.05) is 17.3 Å². The summed E-state index contributed by atoms with van der Waals surface area (Å²) in [5.41, 5.74) is 0.833. The molecule has 146 valence electrons. The Morgan fingerprint density at radius 2 is 2.07 bits per heavy atom. The van der Waals surface area contributed by atoms with Gasteiger partial charge in [0.2, 0.25) is 17.6 Å². The summed E-state index contributed by atoms with van der Waals surface area (Å²) in [6.45, 7) is 2.68. The molecule has 0 atom stereocenters. The number of carbonyl (C=O) groups excluding carboxylic acids is 1. The normalized spacial score (nSPS) is 11.0. The van der Waals surface area contributed by atoms with Crippen molar-refractivity contribution in [2.24, 2.45) is 0 Å². The number of nitrogens with zero attached hydrogens (tertiary/aromatic N) is 3. The van der Waals surface area contributed by atoms with Crippen LogP contribution in [0.4, 0.5) is 0 Å². The van der Waals surface area contributed by atoms with E-state index in [0.717, 1.165) is 10.4 Å². The number of likely N-dealkylation sites (N-methyl/N-ethyl adjacent to an activating group) is 1. The Morgan fingerprint density at radius 3 is 2.75 bits per heavy atom. The Hall–Kier alpha value is -3.13. The molecule has 0 spiro atoms. The van der Waals surface area contributed by atoms with E-state index in [-0.39, 0.29) is 12.5 Å². The van der Waals surface area contributed by atoms with Crippen LogP contribution in [-0.4, -0.2) is 41.7 Å². The van der Waals surface area contributed by atoms with Crippen LogP contribution < -0.4 is 9.47 Å². The number of rotatable bonds is 8. The largest absolute Gasteiger partial charge is 0.493 e. The number of amides is 1. The zero-order valence-corrected chi connectivity index (χ0v) is 16.7. The molecule has 0 radical (unpaired) electrons. The third-order valence-electron chi connectivity index (χ3n) is 4.06. The van der Waals surface area contributed by atoms with Gasteiger partial charge in [-0.2, -0.15) is 4.98 Å². The smallest absolute Gasteiger partial charge is 0.247 e. The highest BCUT2D eigenvalue weighted by molar-refractivity contribution is 7.13. The van der Waals surface area contributed by atoms with Gasteiger partial charge in [-0.05, 0) is 42.1 Å². The molecule has 0 saturated heterocycles. The van der Waals surface area contributed by atoms with Gasteiger partial charge in [0.1, 0.15) is 6.54 Å². The van der Waals surface area contributed by atoms with Crippen molar-refractivity contribution in [3.05, 3.63) is 53.2 Å². The van der Waals surface area contributed by atoms with E-state index < -0.39 is 0 Å². The van der Waals surface area contributed by atoms with Crippen LogP contribution in [0.15, 0.2) is 46.3 Å². The number of benzene rings is 1. The summed E-state index contributed by atoms with van der Waals surface area (Å²) in [5, 5.41) is 5.93. The first-order valence-electron chi connectivity index (χ1n) is 8.70. The van der Waals surface area contributed by atoms with Crippen LogP contribution in [0.1, 0.15) is 18.4 Å². The molecule has 0 fully saturated rings. The fourth-order valence-corrected chi connectivity index (χ4v) is 3.21. The Bertz CT molecular complexity index is 950. The first kappa shape index (κ1) is 19.6. The summed E-state index contributed by atoms with van der Waals surface area (Å²) in [7, 11) is 3.15. The standard InChI is InChI=1S/C20H21N3O4S/c1-4-23(13-18-21-20(22-27-18)17-6-5-11-28-17)19(24)10-8-14-7-9-15(25-2)16(12-14)26-3/h5-12H,4,13H2,1-3H3. The molecule has 0 bridgehead atoms. The Balaban J connectivity index is 1.67. The lowest BCUT2D eigenvalue weighted by Gasteiger charge is -2.16. The van der Waals surface area contributed by atoms with Crippen LogP contribution >= 0.6 is 11.3 Å². The maximum Gasteiger partial charge on any atom is 0.247 e. The number of ether oxygens (including phenoxy) is 2. The van der Waals surface area contributed by atoms with Gasteiger partial charge >= 0.3 is 0 Å². The van der Waals surface area contributed by atoms with E-state index in [4.69, 9.17) is 14.0 Å². The molecule has 7 nitrogen and oxygen atoms in total. The molecule has 2 aromatic heterocycles. The van der Waals surface area contributed by atoms with Gasteiger partial charge in [-0.25, -0.2) is 0 Å². The predicted molar refractivity (Wildman–Crippen MR) is 107 cm³/mol. The summed E-state index contributed by atoms with van der Waals surface area (Å²) >= 11 is 1.54. The van der Waals surface area contributed by atoms with Crippen molar-refractivity contribution >= 4 is 23.3 Å². The maximum atomic E-state index is 12.6. The van der Waals surface area contributed by atoms with E-state index >= 15 is 0 Å². The second-order valence-corrected chi connectivity index (χ2v) is 6.74. The zero-order valence-electron chi connectivity index (χ0n) is 15.9. The third-order valence-corrected chi connectivity index (χ3v) is 4.92. The molecule has 1 aromatic carbocycles. The van der Waals surface area contributed by atoms with Crippen LogP contribution in [-0.2, 0) is 11.3 Å². The number of hydrogen-bond donors (Lipinski definition) is 0. The zero-order chi connectivity index (χ0) is 19.9. The van der Waals surface area contributed by atoms with Crippen molar-refractivity contribution in [1.29, 1.82) is 0 Å². The lowest BCUT2D eigenvalue weighted by Crippen LogP contribution is -2.28. The average molecular weight is 399 g/mol. The number of aromatic nitrogens is 2. The maximum absolute atomic E-state index is 12.6. The first-order chi connectivity index (χ1) is 13.6. The highest BCUT2D eigenvalue weighted by Crippen LogP contribution is 2.28. The minimum Gasteiger partial charge on any atom is -0.493 e. The predicted octanol–water partition coefficient (Wildman–Crippen LogP) is 3.88. The SMILES string of the molecule is CCN(Cc1nc(-c2cccs2)no1)C(=O)C=Cc1ccc(OC)c(OC)c1. The van der Waals surface area contributed by atoms with Crippen molar-refractivity contribution < 1.29 is 18.8 Å². The van der Waals surface area contributed by atoms with Gasteiger partial charge in [-0.15, -0.1) is 11.3 Å². The average Bonchev–Trinajstić information content (AvgIpc) is 3.41. The molecule has 1 amide bonds. The van der Waals surface area contributed by atoms with Crippen molar-refractivity contribution in [3.8, 4) is 22.2 Å². The second kappa shape index (κ2) is 9.18. The molecule has 0 aliphatic heterocycles. The molecule has 0 saturated carbocycles. The molecule has 0 aliphatic carbocycles. The van der Waals surface area contributed by atoms with E-state index in [1.54, 1.807) is 31.3 Å². The highest BCUT2D eigenvalue weighted by atomic mass is 32.1. The molecule has 8 heteroatoms. The lowest BCUT2D eigenvalue weighted by atomic mass is 10.2. The quantitative estimate of drug-likeness (QED) is 0.535. The number of hydrogen-bond acceptors (Lipinski definition) is 7. The molecule has 3 rings (SSSR count). The summed E-state index contributed by atoms with van der Waals surface area (Å²) < 4.78 is 15.8. The van der Waals surface area contributed by atoms with Crippen LogP contribution in [0, 0.1) is 0 Å². The van der Waals surface area contributed by atoms with Crippen molar-refractivity contribution in [3.63, 3.8) is 0 Å². The highest BCUT2D eigenvalue weighted by Gasteiger charge is 2.15. The third kappa shape index (κ3) is 4.58. The Morgan fingerprint density at radius 1 is 1.25 bits per heavy atom. The van der Waals surface area contributed by atoms with Gasteiger partial charge in [0.15, 0.2) is 11.5 Å². The molecule has 0 N–H and O–H groups in total. The Labute approximate surface area is 167 Å². The van der Waals surface area contributed by atoms with Gasteiger partial charge in [-0.3, -0.25) is 4.79 Å².